The van der Waals surface area contributed by atoms with Crippen molar-refractivity contribution in [3.05, 3.63) is 0 Å². The Balaban J connectivity index is 4.30. The molecule has 0 aliphatic heterocycles. The van der Waals surface area contributed by atoms with Gasteiger partial charge in [-0.15, -0.1) is 11.6 Å². The van der Waals surface area contributed by atoms with Crippen molar-refractivity contribution in [1.29, 1.82) is 0 Å². The van der Waals surface area contributed by atoms with Gasteiger partial charge in [-0.05, 0) is 19.6 Å². The Hall–Kier alpha value is 1.09. The summed E-state index contributed by atoms with van der Waals surface area (Å²) in [7, 11) is -3.92. The van der Waals surface area contributed by atoms with Gasteiger partial charge in [0.25, 0.3) is 0 Å². The minimum Gasteiger partial charge on any atom is -0.453 e. The average Bonchev–Trinajstić information content (AvgIpc) is 1.99. The van der Waals surface area contributed by atoms with Crippen molar-refractivity contribution >= 4 is 44.2 Å². The van der Waals surface area contributed by atoms with E-state index in [-0.39, 0.29) is 0 Å². The molecular formula is C6H15BrClFOSi2. The number of hydrogen-bond acceptors (Lipinski definition) is 1. The Bertz CT molecular complexity index is 130. The zero-order chi connectivity index (χ0) is 9.83. The van der Waals surface area contributed by atoms with Crippen LogP contribution in [0.2, 0.25) is 19.6 Å². The van der Waals surface area contributed by atoms with E-state index in [0.717, 1.165) is 0 Å². The van der Waals surface area contributed by atoms with Crippen molar-refractivity contribution in [2.75, 3.05) is 16.8 Å². The summed E-state index contributed by atoms with van der Waals surface area (Å²) >= 11 is 9.00. The minimum atomic E-state index is -2.28. The van der Waals surface area contributed by atoms with E-state index < -0.39 is 22.9 Å². The molecular weight excluding hydrogens is 279 g/mol. The van der Waals surface area contributed by atoms with Crippen molar-refractivity contribution in [3.63, 3.8) is 0 Å². The Morgan fingerprint density at radius 1 is 1.42 bits per heavy atom. The topological polar surface area (TPSA) is 9.23 Å². The number of alkyl halides is 3. The summed E-state index contributed by atoms with van der Waals surface area (Å²) in [5, 5.41) is 0. The first kappa shape index (κ1) is 13.1. The highest BCUT2D eigenvalue weighted by Crippen LogP contribution is 2.18. The van der Waals surface area contributed by atoms with Gasteiger partial charge >= 0.3 is 0 Å². The van der Waals surface area contributed by atoms with Crippen molar-refractivity contribution < 1.29 is 8.51 Å². The zero-order valence-electron chi connectivity index (χ0n) is 7.66. The molecule has 0 aromatic heterocycles. The lowest BCUT2D eigenvalue weighted by molar-refractivity contribution is 0.481. The Morgan fingerprint density at radius 3 is 2.00 bits per heavy atom. The molecule has 0 aliphatic rings. The third-order valence-corrected chi connectivity index (χ3v) is 11.4. The molecule has 0 radical (unpaired) electrons. The van der Waals surface area contributed by atoms with E-state index in [4.69, 9.17) is 15.7 Å². The second-order valence-electron chi connectivity index (χ2n) is 3.80. The molecule has 0 spiro atoms. The number of halogens is 3. The van der Waals surface area contributed by atoms with Crippen LogP contribution in [0.1, 0.15) is 0 Å². The van der Waals surface area contributed by atoms with E-state index in [1.165, 1.54) is 0 Å². The summed E-state index contributed by atoms with van der Waals surface area (Å²) in [5.41, 5.74) is 0.332. The molecule has 1 unspecified atom stereocenters. The molecule has 0 aliphatic carbocycles. The van der Waals surface area contributed by atoms with E-state index in [9.17, 15) is 4.39 Å². The molecule has 0 heterocycles. The number of hydrogen-bond donors (Lipinski definition) is 0. The molecule has 6 heteroatoms. The van der Waals surface area contributed by atoms with Gasteiger partial charge in [0.2, 0.25) is 8.32 Å². The van der Waals surface area contributed by atoms with E-state index in [1.807, 2.05) is 0 Å². The third-order valence-electron chi connectivity index (χ3n) is 1.25. The molecule has 0 fully saturated rings. The summed E-state index contributed by atoms with van der Waals surface area (Å²) in [6, 6.07) is 0. The third kappa shape index (κ3) is 4.36. The summed E-state index contributed by atoms with van der Waals surface area (Å²) in [6.07, 6.45) is -0.397. The first-order valence-corrected chi connectivity index (χ1v) is 11.4. The second kappa shape index (κ2) is 5.09. The van der Waals surface area contributed by atoms with Crippen LogP contribution in [0.25, 0.3) is 0 Å². The van der Waals surface area contributed by atoms with Crippen LogP contribution in [0.3, 0.4) is 0 Å². The lowest BCUT2D eigenvalue weighted by Gasteiger charge is -2.32. The average molecular weight is 294 g/mol. The van der Waals surface area contributed by atoms with Crippen molar-refractivity contribution in [1.82, 2.24) is 0 Å². The summed E-state index contributed by atoms with van der Waals surface area (Å²) in [5.74, 6) is 0. The van der Waals surface area contributed by atoms with Crippen LogP contribution in [-0.2, 0) is 4.12 Å². The van der Waals surface area contributed by atoms with Crippen LogP contribution in [0.5, 0.6) is 0 Å². The Morgan fingerprint density at radius 2 is 1.92 bits per heavy atom. The first-order valence-electron chi connectivity index (χ1n) is 3.77. The normalized spacial score (nSPS) is 17.5. The van der Waals surface area contributed by atoms with E-state index in [2.05, 4.69) is 35.6 Å². The maximum Gasteiger partial charge on any atom is 0.237 e. The molecule has 74 valence electrons. The molecule has 1 nitrogen and oxygen atoms in total. The fourth-order valence-corrected chi connectivity index (χ4v) is 10.7. The Kier molecular flexibility index (Phi) is 5.56. The first-order chi connectivity index (χ1) is 5.39. The van der Waals surface area contributed by atoms with E-state index >= 15 is 0 Å². The predicted octanol–water partition coefficient (Wildman–Crippen LogP) is 3.00. The zero-order valence-corrected chi connectivity index (χ0v) is 12.0. The molecule has 0 aromatic carbocycles. The smallest absolute Gasteiger partial charge is 0.237 e. The molecule has 0 rings (SSSR count). The lowest BCUT2D eigenvalue weighted by atomic mass is 11.7. The van der Waals surface area contributed by atoms with Gasteiger partial charge in [0.05, 0.1) is 0 Å². The molecule has 0 aromatic rings. The maximum absolute atomic E-state index is 12.7. The second-order valence-corrected chi connectivity index (χ2v) is 14.5. The van der Waals surface area contributed by atoms with E-state index in [1.54, 1.807) is 0 Å². The van der Waals surface area contributed by atoms with Crippen LogP contribution in [0, 0.1) is 0 Å². The molecule has 0 saturated carbocycles. The molecule has 0 saturated heterocycles. The van der Waals surface area contributed by atoms with Crippen LogP contribution in [-0.4, -0.2) is 33.4 Å². The van der Waals surface area contributed by atoms with Gasteiger partial charge in [-0.25, -0.2) is 0 Å². The van der Waals surface area contributed by atoms with Gasteiger partial charge < -0.3 is 4.12 Å². The molecule has 0 amide bonds. The Labute approximate surface area is 89.0 Å². The summed E-state index contributed by atoms with van der Waals surface area (Å²) in [6.45, 7) is 6.17. The highest BCUT2D eigenvalue weighted by Gasteiger charge is 2.37. The summed E-state index contributed by atoms with van der Waals surface area (Å²) < 4.78 is 18.5. The molecule has 0 N–H and O–H groups in total. The van der Waals surface area contributed by atoms with Crippen LogP contribution in [0.4, 0.5) is 4.39 Å². The number of rotatable bonds is 5. The molecule has 0 bridgehead atoms. The van der Waals surface area contributed by atoms with Crippen LogP contribution < -0.4 is 0 Å². The van der Waals surface area contributed by atoms with Crippen molar-refractivity contribution in [3.8, 4) is 0 Å². The van der Waals surface area contributed by atoms with Crippen LogP contribution in [0.15, 0.2) is 0 Å². The van der Waals surface area contributed by atoms with Gasteiger partial charge in [-0.1, -0.05) is 15.9 Å². The highest BCUT2D eigenvalue weighted by atomic mass is 79.9. The summed E-state index contributed by atoms with van der Waals surface area (Å²) in [4.78, 5) is 0.588. The van der Waals surface area contributed by atoms with Crippen molar-refractivity contribution in [2.24, 2.45) is 0 Å². The predicted molar refractivity (Wildman–Crippen MR) is 60.7 cm³/mol. The maximum atomic E-state index is 12.7. The fraction of sp³-hybridized carbons (Fsp3) is 1.00. The van der Waals surface area contributed by atoms with Gasteiger partial charge in [0.1, 0.15) is 6.30 Å². The minimum absolute atomic E-state index is 0.332. The standard InChI is InChI=1S/C6H15BrClFOSi2/c1-11(2,3)10-12(4-7,5-8)6-9/h4-6H2,1-3H3. The quantitative estimate of drug-likeness (QED) is 0.559. The van der Waals surface area contributed by atoms with Crippen LogP contribution >= 0.6 is 27.5 Å². The largest absolute Gasteiger partial charge is 0.453 e. The SMILES string of the molecule is C[Si](C)(C)O[Si](CF)(CCl)CBr. The highest BCUT2D eigenvalue weighted by molar-refractivity contribution is 9.09. The van der Waals surface area contributed by atoms with Crippen molar-refractivity contribution in [2.45, 2.75) is 19.6 Å². The monoisotopic (exact) mass is 292 g/mol. The van der Waals surface area contributed by atoms with E-state index in [0.29, 0.717) is 10.5 Å². The van der Waals surface area contributed by atoms with Gasteiger partial charge in [-0.3, -0.25) is 4.39 Å². The van der Waals surface area contributed by atoms with Gasteiger partial charge in [-0.2, -0.15) is 0 Å². The van der Waals surface area contributed by atoms with Gasteiger partial charge in [0.15, 0.2) is 8.32 Å². The van der Waals surface area contributed by atoms with Gasteiger partial charge in [0, 0.05) is 10.5 Å². The fourth-order valence-electron chi connectivity index (χ4n) is 0.838. The molecule has 12 heavy (non-hydrogen) atoms. The molecule has 1 atom stereocenters. The lowest BCUT2D eigenvalue weighted by Crippen LogP contribution is -2.53.